The normalized spacial score (nSPS) is 27.3. The van der Waals surface area contributed by atoms with E-state index in [0.717, 1.165) is 19.3 Å². The number of aryl methyl sites for hydroxylation is 1. The van der Waals surface area contributed by atoms with E-state index in [0.29, 0.717) is 37.8 Å². The molecular formula is C16H24FN5O2. The summed E-state index contributed by atoms with van der Waals surface area (Å²) in [6, 6.07) is -0.176. The Hall–Kier alpha value is -1.96. The summed E-state index contributed by atoms with van der Waals surface area (Å²) in [6.45, 7) is 2.88. The van der Waals surface area contributed by atoms with Crippen molar-refractivity contribution in [2.45, 2.75) is 57.4 Å². The topological polar surface area (TPSA) is 83.3 Å². The molecule has 0 aromatic carbocycles. The summed E-state index contributed by atoms with van der Waals surface area (Å²) in [6.07, 6.45) is 6.75. The van der Waals surface area contributed by atoms with Crippen molar-refractivity contribution >= 4 is 6.03 Å². The molecular weight excluding hydrogens is 313 g/mol. The van der Waals surface area contributed by atoms with E-state index in [4.69, 9.17) is 4.52 Å². The van der Waals surface area contributed by atoms with Crippen LogP contribution in [0.5, 0.6) is 0 Å². The highest BCUT2D eigenvalue weighted by Crippen LogP contribution is 2.21. The maximum Gasteiger partial charge on any atom is 0.315 e. The maximum atomic E-state index is 13.8. The minimum Gasteiger partial charge on any atom is -0.340 e. The number of urea groups is 1. The standard InChI is InChI=1S/C16H24FN5O2/c1-11-19-15(21-24-11)10-22-9-12(17)7-14(22)8-18-16(23)20-13-5-3-2-4-6-13/h3,5,12-14H,2,4,6-10H2,1H3,(H2,18,20,23)/t12-,13+,14-/m0/s1. The first kappa shape index (κ1) is 16.9. The third kappa shape index (κ3) is 4.53. The number of allylic oxidation sites excluding steroid dienone is 1. The van der Waals surface area contributed by atoms with E-state index in [1.54, 1.807) is 6.92 Å². The van der Waals surface area contributed by atoms with Gasteiger partial charge in [-0.15, -0.1) is 0 Å². The molecule has 1 aromatic rings. The number of nitrogens with zero attached hydrogens (tertiary/aromatic N) is 3. The van der Waals surface area contributed by atoms with Gasteiger partial charge in [-0.25, -0.2) is 9.18 Å². The number of nitrogens with one attached hydrogen (secondary N) is 2. The van der Waals surface area contributed by atoms with E-state index >= 15 is 0 Å². The molecule has 2 amide bonds. The summed E-state index contributed by atoms with van der Waals surface area (Å²) in [5.74, 6) is 1.04. The van der Waals surface area contributed by atoms with Crippen LogP contribution in [-0.2, 0) is 6.54 Å². The monoisotopic (exact) mass is 337 g/mol. The molecule has 132 valence electrons. The number of alkyl halides is 1. The van der Waals surface area contributed by atoms with Crippen molar-refractivity contribution in [3.8, 4) is 0 Å². The first-order chi connectivity index (χ1) is 11.6. The van der Waals surface area contributed by atoms with Crippen molar-refractivity contribution in [1.82, 2.24) is 25.7 Å². The van der Waals surface area contributed by atoms with Gasteiger partial charge in [-0.05, 0) is 25.7 Å². The number of rotatable bonds is 5. The quantitative estimate of drug-likeness (QED) is 0.799. The average Bonchev–Trinajstić information content (AvgIpc) is 3.12. The van der Waals surface area contributed by atoms with Crippen LogP contribution in [-0.4, -0.2) is 52.4 Å². The van der Waals surface area contributed by atoms with Crippen LogP contribution in [0.3, 0.4) is 0 Å². The highest BCUT2D eigenvalue weighted by Gasteiger charge is 2.33. The minimum absolute atomic E-state index is 0.0635. The smallest absolute Gasteiger partial charge is 0.315 e. The van der Waals surface area contributed by atoms with Gasteiger partial charge in [0.05, 0.1) is 6.54 Å². The van der Waals surface area contributed by atoms with Gasteiger partial charge in [0.1, 0.15) is 6.17 Å². The zero-order valence-corrected chi connectivity index (χ0v) is 13.9. The number of aromatic nitrogens is 2. The van der Waals surface area contributed by atoms with E-state index in [2.05, 4.69) is 26.9 Å². The number of amides is 2. The average molecular weight is 337 g/mol. The molecule has 2 heterocycles. The third-order valence-corrected chi connectivity index (χ3v) is 4.46. The molecule has 0 radical (unpaired) electrons. The fourth-order valence-electron chi connectivity index (χ4n) is 3.28. The number of hydrogen-bond donors (Lipinski definition) is 2. The lowest BCUT2D eigenvalue weighted by molar-refractivity contribution is 0.213. The molecule has 2 aliphatic rings. The van der Waals surface area contributed by atoms with Gasteiger partial charge in [0.2, 0.25) is 5.89 Å². The van der Waals surface area contributed by atoms with Gasteiger partial charge >= 0.3 is 6.03 Å². The third-order valence-electron chi connectivity index (χ3n) is 4.46. The van der Waals surface area contributed by atoms with Gasteiger partial charge in [-0.2, -0.15) is 4.98 Å². The Morgan fingerprint density at radius 1 is 1.54 bits per heavy atom. The molecule has 3 rings (SSSR count). The lowest BCUT2D eigenvalue weighted by Crippen LogP contribution is -2.46. The van der Waals surface area contributed by atoms with E-state index < -0.39 is 6.17 Å². The Labute approximate surface area is 140 Å². The van der Waals surface area contributed by atoms with Crippen molar-refractivity contribution in [2.75, 3.05) is 13.1 Å². The number of carbonyl (C=O) groups excluding carboxylic acids is 1. The molecule has 1 aliphatic carbocycles. The van der Waals surface area contributed by atoms with E-state index in [9.17, 15) is 9.18 Å². The lowest BCUT2D eigenvalue weighted by Gasteiger charge is -2.24. The Morgan fingerprint density at radius 2 is 2.42 bits per heavy atom. The van der Waals surface area contributed by atoms with E-state index in [-0.39, 0.29) is 18.1 Å². The van der Waals surface area contributed by atoms with Crippen LogP contribution in [0.2, 0.25) is 0 Å². The summed E-state index contributed by atoms with van der Waals surface area (Å²) in [5.41, 5.74) is 0. The van der Waals surface area contributed by atoms with Crippen LogP contribution in [0.25, 0.3) is 0 Å². The minimum atomic E-state index is -0.894. The van der Waals surface area contributed by atoms with Crippen LogP contribution in [0, 0.1) is 6.92 Å². The fraction of sp³-hybridized carbons (Fsp3) is 0.688. The van der Waals surface area contributed by atoms with Crippen molar-refractivity contribution < 1.29 is 13.7 Å². The molecule has 8 heteroatoms. The van der Waals surface area contributed by atoms with Gasteiger partial charge in [0.25, 0.3) is 0 Å². The number of carbonyl (C=O) groups is 1. The summed E-state index contributed by atoms with van der Waals surface area (Å²) in [7, 11) is 0. The highest BCUT2D eigenvalue weighted by molar-refractivity contribution is 5.74. The second-order valence-corrected chi connectivity index (χ2v) is 6.47. The number of hydrogen-bond acceptors (Lipinski definition) is 5. The zero-order chi connectivity index (χ0) is 16.9. The maximum absolute atomic E-state index is 13.8. The molecule has 0 bridgehead atoms. The summed E-state index contributed by atoms with van der Waals surface area (Å²) >= 11 is 0. The van der Waals surface area contributed by atoms with Crippen molar-refractivity contribution in [3.05, 3.63) is 23.9 Å². The second kappa shape index (κ2) is 7.74. The molecule has 7 nitrogen and oxygen atoms in total. The van der Waals surface area contributed by atoms with Crippen molar-refractivity contribution in [1.29, 1.82) is 0 Å². The molecule has 0 unspecified atom stereocenters. The molecule has 0 spiro atoms. The Kier molecular flexibility index (Phi) is 5.44. The first-order valence-corrected chi connectivity index (χ1v) is 8.48. The predicted octanol–water partition coefficient (Wildman–Crippen LogP) is 1.70. The molecule has 24 heavy (non-hydrogen) atoms. The Bertz CT molecular complexity index is 591. The molecule has 2 N–H and O–H groups in total. The molecule has 1 fully saturated rings. The van der Waals surface area contributed by atoms with Crippen molar-refractivity contribution in [3.63, 3.8) is 0 Å². The van der Waals surface area contributed by atoms with Crippen LogP contribution < -0.4 is 10.6 Å². The van der Waals surface area contributed by atoms with Crippen LogP contribution in [0.1, 0.15) is 37.4 Å². The van der Waals surface area contributed by atoms with Gasteiger partial charge in [0.15, 0.2) is 5.82 Å². The lowest BCUT2D eigenvalue weighted by atomic mass is 10.0. The second-order valence-electron chi connectivity index (χ2n) is 6.47. The van der Waals surface area contributed by atoms with E-state index in [1.807, 2.05) is 11.0 Å². The summed E-state index contributed by atoms with van der Waals surface area (Å²) in [4.78, 5) is 18.1. The molecule has 1 saturated heterocycles. The van der Waals surface area contributed by atoms with Crippen LogP contribution in [0.15, 0.2) is 16.7 Å². The number of likely N-dealkylation sites (tertiary alicyclic amines) is 1. The van der Waals surface area contributed by atoms with Gasteiger partial charge in [-0.3, -0.25) is 4.90 Å². The summed E-state index contributed by atoms with van der Waals surface area (Å²) in [5, 5.41) is 9.64. The van der Waals surface area contributed by atoms with Gasteiger partial charge < -0.3 is 15.2 Å². The highest BCUT2D eigenvalue weighted by atomic mass is 19.1. The number of halogens is 1. The molecule has 1 aromatic heterocycles. The Morgan fingerprint density at radius 3 is 3.12 bits per heavy atom. The van der Waals surface area contributed by atoms with Crippen LogP contribution >= 0.6 is 0 Å². The van der Waals surface area contributed by atoms with Gasteiger partial charge in [-0.1, -0.05) is 17.3 Å². The van der Waals surface area contributed by atoms with E-state index in [1.165, 1.54) is 0 Å². The SMILES string of the molecule is Cc1nc(CN2C[C@@H](F)C[C@H]2CNC(=O)N[C@@H]2C=CCCC2)no1. The molecule has 1 aliphatic heterocycles. The van der Waals surface area contributed by atoms with Crippen LogP contribution in [0.4, 0.5) is 9.18 Å². The zero-order valence-electron chi connectivity index (χ0n) is 13.9. The molecule has 0 saturated carbocycles. The first-order valence-electron chi connectivity index (χ1n) is 8.48. The largest absolute Gasteiger partial charge is 0.340 e. The predicted molar refractivity (Wildman–Crippen MR) is 86.1 cm³/mol. The van der Waals surface area contributed by atoms with Crippen molar-refractivity contribution in [2.24, 2.45) is 0 Å². The van der Waals surface area contributed by atoms with Gasteiger partial charge in [0, 0.05) is 32.1 Å². The molecule has 3 atom stereocenters. The fourth-order valence-corrected chi connectivity index (χ4v) is 3.28. The Balaban J connectivity index is 1.48. The summed E-state index contributed by atoms with van der Waals surface area (Å²) < 4.78 is 18.7.